The highest BCUT2D eigenvalue weighted by Gasteiger charge is 2.50. The lowest BCUT2D eigenvalue weighted by Crippen LogP contribution is -2.53. The molecule has 3 amide bonds. The molecule has 30 heavy (non-hydrogen) atoms. The number of ether oxygens (including phenoxy) is 1. The van der Waals surface area contributed by atoms with E-state index in [2.05, 4.69) is 15.6 Å². The van der Waals surface area contributed by atoms with E-state index in [1.54, 1.807) is 12.3 Å². The molecule has 1 saturated heterocycles. The van der Waals surface area contributed by atoms with E-state index in [1.165, 1.54) is 23.5 Å². The minimum Gasteiger partial charge on any atom is -0.478 e. The lowest BCUT2D eigenvalue weighted by atomic mass is 9.96. The molecule has 0 saturated carbocycles. The first kappa shape index (κ1) is 18.7. The van der Waals surface area contributed by atoms with E-state index < -0.39 is 17.5 Å². The summed E-state index contributed by atoms with van der Waals surface area (Å²) in [5.74, 6) is -0.276. The highest BCUT2D eigenvalue weighted by atomic mass is 32.1. The van der Waals surface area contributed by atoms with Gasteiger partial charge in [-0.1, -0.05) is 12.1 Å². The lowest BCUT2D eigenvalue weighted by Gasteiger charge is -2.35. The van der Waals surface area contributed by atoms with Crippen molar-refractivity contribution in [2.24, 2.45) is 0 Å². The molecule has 1 atom stereocenters. The fourth-order valence-corrected chi connectivity index (χ4v) is 4.86. The van der Waals surface area contributed by atoms with Crippen LogP contribution in [0.3, 0.4) is 0 Å². The highest BCUT2D eigenvalue weighted by molar-refractivity contribution is 7.15. The van der Waals surface area contributed by atoms with Crippen molar-refractivity contribution in [1.29, 1.82) is 0 Å². The molecule has 0 bridgehead atoms. The van der Waals surface area contributed by atoms with Gasteiger partial charge in [0, 0.05) is 35.8 Å². The Hall–Kier alpha value is -3.30. The van der Waals surface area contributed by atoms with Gasteiger partial charge in [-0.3, -0.25) is 20.0 Å². The van der Waals surface area contributed by atoms with Crippen molar-refractivity contribution in [3.63, 3.8) is 0 Å². The van der Waals surface area contributed by atoms with Gasteiger partial charge in [0.2, 0.25) is 0 Å². The van der Waals surface area contributed by atoms with Crippen LogP contribution in [0.25, 0.3) is 10.6 Å². The number of benzene rings is 1. The number of halogens is 1. The highest BCUT2D eigenvalue weighted by Crippen LogP contribution is 2.37. The molecule has 152 valence electrons. The number of hydrogen-bond donors (Lipinski definition) is 2. The number of carbonyl (C=O) groups excluding carboxylic acids is 2. The van der Waals surface area contributed by atoms with E-state index in [0.717, 1.165) is 16.1 Å². The van der Waals surface area contributed by atoms with Gasteiger partial charge in [-0.25, -0.2) is 9.18 Å². The lowest BCUT2D eigenvalue weighted by molar-refractivity contribution is -0.125. The summed E-state index contributed by atoms with van der Waals surface area (Å²) in [6.45, 7) is 0.863. The maximum absolute atomic E-state index is 13.4. The first-order valence-corrected chi connectivity index (χ1v) is 10.1. The van der Waals surface area contributed by atoms with Crippen LogP contribution >= 0.6 is 11.3 Å². The van der Waals surface area contributed by atoms with Crippen LogP contribution in [0.1, 0.15) is 10.4 Å². The molecule has 0 aliphatic carbocycles. The molecule has 0 radical (unpaired) electrons. The minimum absolute atomic E-state index is 0.180. The second kappa shape index (κ2) is 7.19. The number of hydrogen-bond acceptors (Lipinski definition) is 6. The van der Waals surface area contributed by atoms with Crippen molar-refractivity contribution in [2.75, 3.05) is 13.3 Å². The Labute approximate surface area is 175 Å². The number of urea groups is 1. The van der Waals surface area contributed by atoms with Crippen LogP contribution < -0.4 is 15.4 Å². The molecule has 0 unspecified atom stereocenters. The monoisotopic (exact) mass is 424 g/mol. The molecule has 9 heteroatoms. The zero-order valence-electron chi connectivity index (χ0n) is 15.7. The second-order valence-electron chi connectivity index (χ2n) is 7.20. The second-order valence-corrected chi connectivity index (χ2v) is 8.29. The number of pyridine rings is 1. The topological polar surface area (TPSA) is 83.6 Å². The Balaban J connectivity index is 1.46. The molecule has 2 aliphatic heterocycles. The summed E-state index contributed by atoms with van der Waals surface area (Å²) in [6, 6.07) is 13.2. The molecule has 2 aromatic heterocycles. The molecule has 2 N–H and O–H groups in total. The van der Waals surface area contributed by atoms with Crippen molar-refractivity contribution in [3.05, 3.63) is 71.0 Å². The number of rotatable bonds is 4. The number of aromatic nitrogens is 1. The maximum Gasteiger partial charge on any atom is 0.322 e. The van der Waals surface area contributed by atoms with Crippen LogP contribution in [-0.2, 0) is 16.9 Å². The van der Waals surface area contributed by atoms with Gasteiger partial charge in [0.1, 0.15) is 18.3 Å². The van der Waals surface area contributed by atoms with Crippen molar-refractivity contribution in [3.8, 4) is 16.3 Å². The Kier molecular flexibility index (Phi) is 4.48. The van der Waals surface area contributed by atoms with Crippen LogP contribution in [0.15, 0.2) is 54.7 Å². The number of imide groups is 1. The van der Waals surface area contributed by atoms with Crippen molar-refractivity contribution >= 4 is 23.3 Å². The molecule has 7 nitrogen and oxygen atoms in total. The molecular formula is C21H17FN4O3S. The van der Waals surface area contributed by atoms with E-state index in [0.29, 0.717) is 17.2 Å². The number of nitrogens with zero attached hydrogens (tertiary/aromatic N) is 2. The average Bonchev–Trinajstić information content (AvgIpc) is 3.34. The standard InChI is InChI=1S/C21H17FN4O3S/c22-14-5-4-13-10-26(12-29-16(13)9-14)11-21(19(27)24-20(28)25-21)18-7-6-17(30-18)15-3-1-2-8-23-15/h1-9H,10-12H2,(H2,24,25,27,28)/t21-/m0/s1. The first-order valence-electron chi connectivity index (χ1n) is 9.32. The van der Waals surface area contributed by atoms with Gasteiger partial charge in [-0.15, -0.1) is 11.3 Å². The van der Waals surface area contributed by atoms with Gasteiger partial charge in [-0.2, -0.15) is 0 Å². The fraction of sp³-hybridized carbons (Fsp3) is 0.190. The summed E-state index contributed by atoms with van der Waals surface area (Å²) >= 11 is 1.41. The minimum atomic E-state index is -1.24. The first-order chi connectivity index (χ1) is 14.5. The summed E-state index contributed by atoms with van der Waals surface area (Å²) in [5, 5.41) is 5.17. The van der Waals surface area contributed by atoms with E-state index in [9.17, 15) is 14.0 Å². The largest absolute Gasteiger partial charge is 0.478 e. The van der Waals surface area contributed by atoms with Gasteiger partial charge in [0.05, 0.1) is 10.6 Å². The Morgan fingerprint density at radius 3 is 2.87 bits per heavy atom. The fourth-order valence-electron chi connectivity index (χ4n) is 3.75. The number of carbonyl (C=O) groups is 2. The van der Waals surface area contributed by atoms with Gasteiger partial charge in [-0.05, 0) is 30.3 Å². The molecule has 1 fully saturated rings. The zero-order chi connectivity index (χ0) is 20.7. The Morgan fingerprint density at radius 2 is 2.10 bits per heavy atom. The van der Waals surface area contributed by atoms with Crippen LogP contribution in [0.4, 0.5) is 9.18 Å². The SMILES string of the molecule is O=C1NC(=O)[C@](CN2COc3cc(F)ccc3C2)(c2ccc(-c3ccccn3)s2)N1. The summed E-state index contributed by atoms with van der Waals surface area (Å²) in [5.41, 5.74) is 0.379. The Morgan fingerprint density at radius 1 is 1.20 bits per heavy atom. The van der Waals surface area contributed by atoms with Crippen molar-refractivity contribution < 1.29 is 18.7 Å². The smallest absolute Gasteiger partial charge is 0.322 e. The van der Waals surface area contributed by atoms with Crippen molar-refractivity contribution in [2.45, 2.75) is 12.1 Å². The average molecular weight is 424 g/mol. The predicted octanol–water partition coefficient (Wildman–Crippen LogP) is 2.84. The molecular weight excluding hydrogens is 407 g/mol. The van der Waals surface area contributed by atoms with Gasteiger partial charge < -0.3 is 10.1 Å². The summed E-state index contributed by atoms with van der Waals surface area (Å²) in [7, 11) is 0. The molecule has 1 aromatic carbocycles. The number of amides is 3. The summed E-state index contributed by atoms with van der Waals surface area (Å²) in [4.78, 5) is 32.8. The zero-order valence-corrected chi connectivity index (χ0v) is 16.5. The van der Waals surface area contributed by atoms with E-state index >= 15 is 0 Å². The van der Waals surface area contributed by atoms with Crippen LogP contribution in [0, 0.1) is 5.82 Å². The van der Waals surface area contributed by atoms with Gasteiger partial charge >= 0.3 is 6.03 Å². The quantitative estimate of drug-likeness (QED) is 0.630. The third-order valence-electron chi connectivity index (χ3n) is 5.17. The maximum atomic E-state index is 13.4. The Bertz CT molecular complexity index is 1140. The van der Waals surface area contributed by atoms with E-state index in [-0.39, 0.29) is 19.1 Å². The molecule has 4 heterocycles. The van der Waals surface area contributed by atoms with Crippen LogP contribution in [0.2, 0.25) is 0 Å². The molecule has 0 spiro atoms. The molecule has 3 aromatic rings. The third-order valence-corrected chi connectivity index (χ3v) is 6.44. The van der Waals surface area contributed by atoms with Crippen molar-refractivity contribution in [1.82, 2.24) is 20.5 Å². The van der Waals surface area contributed by atoms with Crippen LogP contribution in [-0.4, -0.2) is 35.1 Å². The third kappa shape index (κ3) is 3.21. The molecule has 2 aliphatic rings. The van der Waals surface area contributed by atoms with Gasteiger partial charge in [0.25, 0.3) is 5.91 Å². The summed E-state index contributed by atoms with van der Waals surface area (Å²) in [6.07, 6.45) is 1.71. The predicted molar refractivity (Wildman–Crippen MR) is 108 cm³/mol. The van der Waals surface area contributed by atoms with E-state index in [4.69, 9.17) is 4.74 Å². The summed E-state index contributed by atoms with van der Waals surface area (Å²) < 4.78 is 19.1. The molecule has 5 rings (SSSR count). The van der Waals surface area contributed by atoms with Gasteiger partial charge in [0.15, 0.2) is 5.54 Å². The van der Waals surface area contributed by atoms with Crippen LogP contribution in [0.5, 0.6) is 5.75 Å². The number of fused-ring (bicyclic) bond motifs is 1. The number of thiophene rings is 1. The number of nitrogens with one attached hydrogen (secondary N) is 2. The normalized spacial score (nSPS) is 21.0. The van der Waals surface area contributed by atoms with E-state index in [1.807, 2.05) is 35.2 Å².